The number of hydrogen-bond donors (Lipinski definition) is 1. The van der Waals surface area contributed by atoms with Crippen LogP contribution in [0.1, 0.15) is 17.5 Å². The lowest BCUT2D eigenvalue weighted by molar-refractivity contribution is 0.170. The van der Waals surface area contributed by atoms with Gasteiger partial charge in [0.15, 0.2) is 0 Å². The number of nitrogens with one attached hydrogen (secondary N) is 1. The van der Waals surface area contributed by atoms with E-state index in [-0.39, 0.29) is 11.9 Å². The average Bonchev–Trinajstić information content (AvgIpc) is 2.48. The van der Waals surface area contributed by atoms with Gasteiger partial charge in [-0.2, -0.15) is 0 Å². The Bertz CT molecular complexity index is 570. The third-order valence-electron chi connectivity index (χ3n) is 3.60. The number of benzene rings is 2. The van der Waals surface area contributed by atoms with Crippen molar-refractivity contribution in [3.8, 4) is 5.75 Å². The maximum absolute atomic E-state index is 13.1. The second-order valence-corrected chi connectivity index (χ2v) is 5.15. The molecule has 3 rings (SSSR count). The lowest BCUT2D eigenvalue weighted by atomic mass is 10.0. The van der Waals surface area contributed by atoms with Gasteiger partial charge in [-0.1, -0.05) is 30.3 Å². The Hall–Kier alpha value is -1.87. The van der Waals surface area contributed by atoms with Gasteiger partial charge in [0.1, 0.15) is 17.7 Å². The van der Waals surface area contributed by atoms with E-state index in [1.165, 1.54) is 11.6 Å². The van der Waals surface area contributed by atoms with E-state index in [2.05, 4.69) is 17.4 Å². The molecule has 1 atom stereocenters. The van der Waals surface area contributed by atoms with E-state index in [1.54, 1.807) is 12.1 Å². The summed E-state index contributed by atoms with van der Waals surface area (Å²) in [5.74, 6) is 0.636. The fraction of sp³-hybridized carbons (Fsp3) is 0.294. The summed E-state index contributed by atoms with van der Waals surface area (Å²) in [4.78, 5) is 0. The van der Waals surface area contributed by atoms with Crippen LogP contribution in [-0.4, -0.2) is 12.6 Å². The predicted octanol–water partition coefficient (Wildman–Crippen LogP) is 3.31. The molecule has 0 bridgehead atoms. The van der Waals surface area contributed by atoms with Crippen LogP contribution in [0.25, 0.3) is 0 Å². The monoisotopic (exact) mass is 271 g/mol. The molecule has 0 saturated carbocycles. The third kappa shape index (κ3) is 3.17. The van der Waals surface area contributed by atoms with E-state index < -0.39 is 0 Å². The highest BCUT2D eigenvalue weighted by Gasteiger charge is 2.19. The maximum Gasteiger partial charge on any atom is 0.123 e. The van der Waals surface area contributed by atoms with E-state index >= 15 is 0 Å². The van der Waals surface area contributed by atoms with Crippen LogP contribution < -0.4 is 10.1 Å². The molecule has 0 amide bonds. The van der Waals surface area contributed by atoms with Crippen LogP contribution in [0.2, 0.25) is 0 Å². The van der Waals surface area contributed by atoms with Crippen molar-refractivity contribution in [1.82, 2.24) is 5.32 Å². The first kappa shape index (κ1) is 13.1. The minimum atomic E-state index is -0.187. The van der Waals surface area contributed by atoms with Gasteiger partial charge in [0, 0.05) is 13.1 Å². The first-order chi connectivity index (χ1) is 9.81. The highest BCUT2D eigenvalue weighted by atomic mass is 19.1. The average molecular weight is 271 g/mol. The number of aryl methyl sites for hydroxylation is 1. The molecular weight excluding hydrogens is 253 g/mol. The number of halogens is 1. The Morgan fingerprint density at radius 2 is 2.00 bits per heavy atom. The fourth-order valence-corrected chi connectivity index (χ4v) is 2.53. The summed E-state index contributed by atoms with van der Waals surface area (Å²) in [7, 11) is 0. The maximum atomic E-state index is 13.1. The smallest absolute Gasteiger partial charge is 0.123 e. The van der Waals surface area contributed by atoms with Gasteiger partial charge >= 0.3 is 0 Å². The van der Waals surface area contributed by atoms with Crippen molar-refractivity contribution in [2.75, 3.05) is 6.54 Å². The molecule has 1 heterocycles. The topological polar surface area (TPSA) is 21.3 Å². The molecule has 104 valence electrons. The van der Waals surface area contributed by atoms with E-state index in [9.17, 15) is 4.39 Å². The fourth-order valence-electron chi connectivity index (χ4n) is 2.53. The Morgan fingerprint density at radius 1 is 1.15 bits per heavy atom. The van der Waals surface area contributed by atoms with Crippen molar-refractivity contribution >= 4 is 0 Å². The molecule has 0 aliphatic carbocycles. The quantitative estimate of drug-likeness (QED) is 0.921. The van der Waals surface area contributed by atoms with E-state index in [4.69, 9.17) is 4.74 Å². The third-order valence-corrected chi connectivity index (χ3v) is 3.60. The van der Waals surface area contributed by atoms with Crippen LogP contribution in [0.15, 0.2) is 48.5 Å². The molecule has 0 aromatic heterocycles. The Labute approximate surface area is 118 Å². The molecule has 0 radical (unpaired) electrons. The first-order valence-corrected chi connectivity index (χ1v) is 7.01. The molecule has 0 fully saturated rings. The molecule has 2 aromatic rings. The number of fused-ring (bicyclic) bond motifs is 1. The zero-order chi connectivity index (χ0) is 13.8. The first-order valence-electron chi connectivity index (χ1n) is 7.01. The molecule has 0 spiro atoms. The highest BCUT2D eigenvalue weighted by Crippen LogP contribution is 2.27. The molecule has 1 N–H and O–H groups in total. The van der Waals surface area contributed by atoms with Crippen molar-refractivity contribution in [2.45, 2.75) is 25.5 Å². The number of ether oxygens (including phenoxy) is 1. The van der Waals surface area contributed by atoms with Gasteiger partial charge in [-0.15, -0.1) is 0 Å². The lowest BCUT2D eigenvalue weighted by Crippen LogP contribution is -2.33. The normalized spacial score (nSPS) is 17.4. The van der Waals surface area contributed by atoms with Gasteiger partial charge in [0.25, 0.3) is 0 Å². The van der Waals surface area contributed by atoms with Gasteiger partial charge in [-0.3, -0.25) is 0 Å². The van der Waals surface area contributed by atoms with Crippen LogP contribution >= 0.6 is 0 Å². The van der Waals surface area contributed by atoms with Crippen LogP contribution in [0.5, 0.6) is 5.75 Å². The predicted molar refractivity (Wildman–Crippen MR) is 77.3 cm³/mol. The van der Waals surface area contributed by atoms with Crippen LogP contribution in [0.3, 0.4) is 0 Å². The summed E-state index contributed by atoms with van der Waals surface area (Å²) in [6, 6.07) is 15.1. The van der Waals surface area contributed by atoms with E-state index in [0.717, 1.165) is 37.2 Å². The Balaban J connectivity index is 1.52. The van der Waals surface area contributed by atoms with E-state index in [0.29, 0.717) is 0 Å². The molecule has 2 aromatic carbocycles. The minimum absolute atomic E-state index is 0.164. The molecule has 0 saturated heterocycles. The molecule has 1 aliphatic heterocycles. The summed E-state index contributed by atoms with van der Waals surface area (Å²) in [5.41, 5.74) is 2.25. The summed E-state index contributed by atoms with van der Waals surface area (Å²) < 4.78 is 19.0. The van der Waals surface area contributed by atoms with Crippen molar-refractivity contribution in [3.05, 3.63) is 65.5 Å². The standard InChI is InChI=1S/C17H18FNO/c18-15-7-9-17-14(10-15)6-8-16(20-17)12-19-11-13-4-2-1-3-5-13/h1-5,7,9-10,16,19H,6,8,11-12H2. The van der Waals surface area contributed by atoms with E-state index in [1.807, 2.05) is 18.2 Å². The van der Waals surface area contributed by atoms with Gasteiger partial charge in [-0.05, 0) is 42.2 Å². The second kappa shape index (κ2) is 6.06. The Kier molecular flexibility index (Phi) is 3.97. The molecular formula is C17H18FNO. The largest absolute Gasteiger partial charge is 0.489 e. The summed E-state index contributed by atoms with van der Waals surface area (Å²) in [6.45, 7) is 1.66. The zero-order valence-corrected chi connectivity index (χ0v) is 11.3. The van der Waals surface area contributed by atoms with Gasteiger partial charge in [0.2, 0.25) is 0 Å². The summed E-state index contributed by atoms with van der Waals surface area (Å²) in [5, 5.41) is 3.41. The van der Waals surface area contributed by atoms with Crippen LogP contribution in [0, 0.1) is 5.82 Å². The SMILES string of the molecule is Fc1ccc2c(c1)CCC(CNCc1ccccc1)O2. The van der Waals surface area contributed by atoms with Gasteiger partial charge in [-0.25, -0.2) is 4.39 Å². The molecule has 3 heteroatoms. The summed E-state index contributed by atoms with van der Waals surface area (Å²) in [6.07, 6.45) is 1.97. The zero-order valence-electron chi connectivity index (χ0n) is 11.3. The molecule has 20 heavy (non-hydrogen) atoms. The van der Waals surface area contributed by atoms with Crippen molar-refractivity contribution in [2.24, 2.45) is 0 Å². The van der Waals surface area contributed by atoms with Crippen LogP contribution in [-0.2, 0) is 13.0 Å². The van der Waals surface area contributed by atoms with Crippen molar-refractivity contribution < 1.29 is 9.13 Å². The number of hydrogen-bond acceptors (Lipinski definition) is 2. The molecule has 1 aliphatic rings. The molecule has 2 nitrogen and oxygen atoms in total. The second-order valence-electron chi connectivity index (χ2n) is 5.15. The number of rotatable bonds is 4. The van der Waals surface area contributed by atoms with Crippen LogP contribution in [0.4, 0.5) is 4.39 Å². The highest BCUT2D eigenvalue weighted by molar-refractivity contribution is 5.35. The van der Waals surface area contributed by atoms with Gasteiger partial charge < -0.3 is 10.1 Å². The minimum Gasteiger partial charge on any atom is -0.489 e. The van der Waals surface area contributed by atoms with Gasteiger partial charge in [0.05, 0.1) is 0 Å². The van der Waals surface area contributed by atoms with Crippen molar-refractivity contribution in [3.63, 3.8) is 0 Å². The van der Waals surface area contributed by atoms with Crippen molar-refractivity contribution in [1.29, 1.82) is 0 Å². The summed E-state index contributed by atoms with van der Waals surface area (Å²) >= 11 is 0. The molecule has 1 unspecified atom stereocenters. The lowest BCUT2D eigenvalue weighted by Gasteiger charge is -2.26. The Morgan fingerprint density at radius 3 is 2.85 bits per heavy atom.